The second-order valence-electron chi connectivity index (χ2n) is 7.73. The zero-order valence-corrected chi connectivity index (χ0v) is 19.1. The van der Waals surface area contributed by atoms with Crippen molar-refractivity contribution in [3.8, 4) is 0 Å². The van der Waals surface area contributed by atoms with Gasteiger partial charge in [-0.15, -0.1) is 0 Å². The number of carbonyl (C=O) groups is 1. The largest absolute Gasteiger partial charge is 0.451 e. The average molecular weight is 502 g/mol. The summed E-state index contributed by atoms with van der Waals surface area (Å²) in [6, 6.07) is 17.1. The summed E-state index contributed by atoms with van der Waals surface area (Å²) < 4.78 is 59.8. The quantitative estimate of drug-likeness (QED) is 0.205. The molecule has 1 amide bonds. The van der Waals surface area contributed by atoms with Crippen LogP contribution in [0.5, 0.6) is 0 Å². The third-order valence-corrected chi connectivity index (χ3v) is 5.42. The molecule has 1 atom stereocenters. The van der Waals surface area contributed by atoms with E-state index < -0.39 is 23.3 Å². The molecule has 35 heavy (non-hydrogen) atoms. The van der Waals surface area contributed by atoms with Gasteiger partial charge >= 0.3 is 6.18 Å². The van der Waals surface area contributed by atoms with Gasteiger partial charge in [-0.2, -0.15) is 13.2 Å². The van der Waals surface area contributed by atoms with Crippen LogP contribution in [0.4, 0.5) is 28.9 Å². The Labute approximate surface area is 203 Å². The van der Waals surface area contributed by atoms with Crippen LogP contribution in [0.3, 0.4) is 0 Å². The molecule has 0 spiro atoms. The smallest absolute Gasteiger partial charge is 0.418 e. The number of hydrogen-bond acceptors (Lipinski definition) is 3. The number of thiocarbonyl (C=S) groups is 1. The number of hydrogen-bond donors (Lipinski definition) is 3. The monoisotopic (exact) mass is 501 g/mol. The number of halogens is 4. The van der Waals surface area contributed by atoms with Crippen molar-refractivity contribution in [3.05, 3.63) is 95.5 Å². The Balaban J connectivity index is 1.49. The number of para-hydroxylation sites is 1. The normalized spacial score (nSPS) is 12.3. The first-order valence-corrected chi connectivity index (χ1v) is 10.8. The molecular formula is C25H19F4N3O2S. The Hall–Kier alpha value is -3.92. The molecule has 0 aliphatic rings. The maximum Gasteiger partial charge on any atom is 0.418 e. The van der Waals surface area contributed by atoms with Gasteiger partial charge in [0.05, 0.1) is 17.3 Å². The topological polar surface area (TPSA) is 66.3 Å². The highest BCUT2D eigenvalue weighted by atomic mass is 32.1. The van der Waals surface area contributed by atoms with Gasteiger partial charge in [-0.3, -0.25) is 4.79 Å². The lowest BCUT2D eigenvalue weighted by Gasteiger charge is -2.19. The van der Waals surface area contributed by atoms with Crippen molar-refractivity contribution in [1.29, 1.82) is 0 Å². The lowest BCUT2D eigenvalue weighted by Crippen LogP contribution is -2.31. The molecule has 3 aromatic carbocycles. The summed E-state index contributed by atoms with van der Waals surface area (Å²) in [6.45, 7) is 1.78. The zero-order valence-electron chi connectivity index (χ0n) is 18.2. The van der Waals surface area contributed by atoms with Crippen molar-refractivity contribution in [1.82, 2.24) is 5.32 Å². The first kappa shape index (κ1) is 24.2. The van der Waals surface area contributed by atoms with Gasteiger partial charge in [0.1, 0.15) is 11.4 Å². The fourth-order valence-corrected chi connectivity index (χ4v) is 3.74. The summed E-state index contributed by atoms with van der Waals surface area (Å²) in [6.07, 6.45) is -4.75. The minimum Gasteiger partial charge on any atom is -0.451 e. The molecule has 1 unspecified atom stereocenters. The van der Waals surface area contributed by atoms with Crippen LogP contribution in [0, 0.1) is 5.82 Å². The number of amides is 1. The molecule has 0 aliphatic heterocycles. The molecule has 0 aliphatic carbocycles. The van der Waals surface area contributed by atoms with E-state index in [0.717, 1.165) is 17.7 Å². The van der Waals surface area contributed by atoms with Crippen molar-refractivity contribution in [2.45, 2.75) is 19.1 Å². The summed E-state index contributed by atoms with van der Waals surface area (Å²) in [5, 5.41) is 8.66. The summed E-state index contributed by atoms with van der Waals surface area (Å²) in [5.41, 5.74) is -0.212. The lowest BCUT2D eigenvalue weighted by atomic mass is 10.1. The highest BCUT2D eigenvalue weighted by Gasteiger charge is 2.34. The van der Waals surface area contributed by atoms with Gasteiger partial charge in [0, 0.05) is 11.1 Å². The standard InChI is InChI=1S/C25H19F4N3O2S/c1-14(15-6-8-17(26)9-7-15)30-24(35)31-18-10-11-20(19(13-18)25(27,28)29)32-23(33)22-12-16-4-2-3-5-21(16)34-22/h2-14H,1H3,(H,32,33)(H2,30,31,35). The fourth-order valence-electron chi connectivity index (χ4n) is 3.44. The number of rotatable bonds is 5. The van der Waals surface area contributed by atoms with Crippen LogP contribution in [0.15, 0.2) is 77.2 Å². The van der Waals surface area contributed by atoms with Crippen LogP contribution >= 0.6 is 12.2 Å². The Bertz CT molecular complexity index is 1350. The van der Waals surface area contributed by atoms with Crippen molar-refractivity contribution >= 4 is 45.6 Å². The van der Waals surface area contributed by atoms with Gasteiger partial charge in [0.2, 0.25) is 0 Å². The Morgan fingerprint density at radius 3 is 2.37 bits per heavy atom. The molecule has 4 rings (SSSR count). The minimum absolute atomic E-state index is 0.0721. The summed E-state index contributed by atoms with van der Waals surface area (Å²) in [5.74, 6) is -1.30. The van der Waals surface area contributed by atoms with Crippen LogP contribution in [0.25, 0.3) is 11.0 Å². The maximum atomic E-state index is 13.8. The summed E-state index contributed by atoms with van der Waals surface area (Å²) in [4.78, 5) is 12.6. The molecular weight excluding hydrogens is 482 g/mol. The Morgan fingerprint density at radius 1 is 0.971 bits per heavy atom. The SMILES string of the molecule is CC(NC(=S)Nc1ccc(NC(=O)c2cc3ccccc3o2)c(C(F)(F)F)c1)c1ccc(F)cc1. The van der Waals surface area contributed by atoms with Gasteiger partial charge in [0.15, 0.2) is 10.9 Å². The predicted molar refractivity (Wildman–Crippen MR) is 130 cm³/mol. The Kier molecular flexibility index (Phi) is 6.74. The number of furan rings is 1. The molecule has 0 fully saturated rings. The second kappa shape index (κ2) is 9.75. The average Bonchev–Trinajstić information content (AvgIpc) is 3.24. The molecule has 10 heteroatoms. The molecule has 3 N–H and O–H groups in total. The molecule has 5 nitrogen and oxygen atoms in total. The molecule has 0 radical (unpaired) electrons. The number of carbonyl (C=O) groups excluding carboxylic acids is 1. The first-order chi connectivity index (χ1) is 16.6. The fraction of sp³-hybridized carbons (Fsp3) is 0.120. The molecule has 180 valence electrons. The first-order valence-electron chi connectivity index (χ1n) is 10.4. The minimum atomic E-state index is -4.75. The number of nitrogens with one attached hydrogen (secondary N) is 3. The number of anilines is 2. The third-order valence-electron chi connectivity index (χ3n) is 5.20. The van der Waals surface area contributed by atoms with Crippen LogP contribution in [-0.2, 0) is 6.18 Å². The van der Waals surface area contributed by atoms with Crippen molar-refractivity contribution in [2.24, 2.45) is 0 Å². The van der Waals surface area contributed by atoms with E-state index in [0.29, 0.717) is 11.0 Å². The molecule has 1 heterocycles. The third kappa shape index (κ3) is 5.78. The number of benzene rings is 3. The number of fused-ring (bicyclic) bond motifs is 1. The van der Waals surface area contributed by atoms with Gasteiger partial charge in [0.25, 0.3) is 5.91 Å². The van der Waals surface area contributed by atoms with Crippen LogP contribution in [0.1, 0.15) is 34.6 Å². The highest BCUT2D eigenvalue weighted by molar-refractivity contribution is 7.80. The molecule has 0 saturated heterocycles. The van der Waals surface area contributed by atoms with E-state index in [4.69, 9.17) is 16.6 Å². The van der Waals surface area contributed by atoms with E-state index in [1.165, 1.54) is 24.3 Å². The van der Waals surface area contributed by atoms with E-state index in [9.17, 15) is 22.4 Å². The van der Waals surface area contributed by atoms with E-state index in [2.05, 4.69) is 16.0 Å². The highest BCUT2D eigenvalue weighted by Crippen LogP contribution is 2.37. The second-order valence-corrected chi connectivity index (χ2v) is 8.14. The van der Waals surface area contributed by atoms with Gasteiger partial charge in [-0.25, -0.2) is 4.39 Å². The van der Waals surface area contributed by atoms with Gasteiger partial charge in [-0.05, 0) is 67.2 Å². The molecule has 0 bridgehead atoms. The van der Waals surface area contributed by atoms with Crippen LogP contribution < -0.4 is 16.0 Å². The van der Waals surface area contributed by atoms with Crippen molar-refractivity contribution in [3.63, 3.8) is 0 Å². The predicted octanol–water partition coefficient (Wildman–Crippen LogP) is 6.89. The number of alkyl halides is 3. The van der Waals surface area contributed by atoms with E-state index in [1.54, 1.807) is 43.3 Å². The van der Waals surface area contributed by atoms with E-state index >= 15 is 0 Å². The lowest BCUT2D eigenvalue weighted by molar-refractivity contribution is -0.136. The molecule has 4 aromatic rings. The van der Waals surface area contributed by atoms with E-state index in [-0.39, 0.29) is 28.4 Å². The van der Waals surface area contributed by atoms with Crippen LogP contribution in [0.2, 0.25) is 0 Å². The van der Waals surface area contributed by atoms with Gasteiger partial charge in [-0.1, -0.05) is 30.3 Å². The molecule has 0 saturated carbocycles. The maximum absolute atomic E-state index is 13.8. The molecule has 1 aromatic heterocycles. The van der Waals surface area contributed by atoms with Crippen molar-refractivity contribution < 1.29 is 26.8 Å². The van der Waals surface area contributed by atoms with Crippen LogP contribution in [-0.4, -0.2) is 11.0 Å². The van der Waals surface area contributed by atoms with E-state index in [1.807, 2.05) is 0 Å². The zero-order chi connectivity index (χ0) is 25.2. The summed E-state index contributed by atoms with van der Waals surface area (Å²) in [7, 11) is 0. The Morgan fingerprint density at radius 2 is 1.69 bits per heavy atom. The van der Waals surface area contributed by atoms with Crippen molar-refractivity contribution in [2.75, 3.05) is 10.6 Å². The summed E-state index contributed by atoms with van der Waals surface area (Å²) >= 11 is 5.21. The van der Waals surface area contributed by atoms with Gasteiger partial charge < -0.3 is 20.4 Å².